The van der Waals surface area contributed by atoms with Crippen LogP contribution in [0.25, 0.3) is 0 Å². The molecule has 10 nitrogen and oxygen atoms in total. The number of nitrogens with one attached hydrogen (secondary N) is 3. The third-order valence-electron chi connectivity index (χ3n) is 5.78. The molecule has 0 aliphatic heterocycles. The van der Waals surface area contributed by atoms with Gasteiger partial charge in [-0.25, -0.2) is 4.79 Å². The highest BCUT2D eigenvalue weighted by Gasteiger charge is 2.31. The Balaban J connectivity index is 2.22. The molecule has 3 amide bonds. The number of nitrogens with two attached hydrogens (primary N) is 1. The van der Waals surface area contributed by atoms with Gasteiger partial charge in [-0.15, -0.1) is 0 Å². The fourth-order valence-corrected chi connectivity index (χ4v) is 3.90. The van der Waals surface area contributed by atoms with E-state index in [1.54, 1.807) is 36.4 Å². The Morgan fingerprint density at radius 3 is 1.84 bits per heavy atom. The fraction of sp³-hybridized carbons (Fsp3) is 0.407. The van der Waals surface area contributed by atoms with Crippen molar-refractivity contribution in [3.05, 3.63) is 65.7 Å². The average molecular weight is 545 g/mol. The van der Waals surface area contributed by atoms with E-state index in [1.165, 1.54) is 12.1 Å². The number of carboxylic acids is 1. The minimum absolute atomic E-state index is 0.00815. The van der Waals surface area contributed by atoms with Gasteiger partial charge in [0.15, 0.2) is 0 Å². The summed E-state index contributed by atoms with van der Waals surface area (Å²) in [7, 11) is 0. The minimum Gasteiger partial charge on any atom is -0.508 e. The van der Waals surface area contributed by atoms with Crippen molar-refractivity contribution in [1.29, 1.82) is 0 Å². The normalized spacial score (nSPS) is 14.1. The van der Waals surface area contributed by atoms with Crippen LogP contribution < -0.4 is 21.7 Å². The Morgan fingerprint density at radius 1 is 0.789 bits per heavy atom. The van der Waals surface area contributed by atoms with Gasteiger partial charge >= 0.3 is 5.97 Å². The zero-order valence-corrected chi connectivity index (χ0v) is 22.4. The Kier molecular flexibility index (Phi) is 12.1. The van der Waals surface area contributed by atoms with Crippen molar-refractivity contribution < 1.29 is 29.4 Å². The van der Waals surface area contributed by atoms with Gasteiger partial charge < -0.3 is 31.9 Å². The monoisotopic (exact) mass is 544 g/mol. The lowest BCUT2D eigenvalue weighted by Crippen LogP contribution is -2.58. The number of carbonyl (C=O) groups excluding carboxylic acids is 3. The molecule has 38 heavy (non-hydrogen) atoms. The lowest BCUT2D eigenvalue weighted by molar-refractivity contribution is -0.142. The lowest BCUT2D eigenvalue weighted by atomic mass is 10.00. The quantitative estimate of drug-likeness (QED) is 0.174. The fourth-order valence-electron chi connectivity index (χ4n) is 3.74. The summed E-state index contributed by atoms with van der Waals surface area (Å²) in [6.07, 6.45) is 0.385. The van der Waals surface area contributed by atoms with Gasteiger partial charge in [0.1, 0.15) is 23.9 Å². The summed E-state index contributed by atoms with van der Waals surface area (Å²) in [5.74, 6) is -2.95. The number of amides is 3. The summed E-state index contributed by atoms with van der Waals surface area (Å²) in [5, 5.41) is 27.1. The molecule has 0 aliphatic rings. The van der Waals surface area contributed by atoms with Gasteiger partial charge in [-0.3, -0.25) is 14.4 Å². The van der Waals surface area contributed by atoms with Crippen LogP contribution in [-0.4, -0.2) is 63.8 Å². The topological polar surface area (TPSA) is 171 Å². The van der Waals surface area contributed by atoms with Crippen molar-refractivity contribution in [2.24, 2.45) is 11.7 Å². The summed E-state index contributed by atoms with van der Waals surface area (Å²) in [5.41, 5.74) is 7.16. The molecule has 0 spiro atoms. The summed E-state index contributed by atoms with van der Waals surface area (Å²) < 4.78 is 0. The molecule has 7 N–H and O–H groups in total. The standard InChI is InChI=1S/C27H36N4O6S/c1-16(2)12-21(25(34)31-23(27(36)37)14-17-6-4-3-5-7-17)30-26(35)22(29-24(33)20(28)15-38)13-18-8-10-19(32)11-9-18/h3-11,16,20-23,32,38H,12-15,28H2,1-2H3,(H,29,33)(H,30,35)(H,31,34)(H,36,37). The first-order chi connectivity index (χ1) is 18.0. The van der Waals surface area contributed by atoms with E-state index >= 15 is 0 Å². The number of carbonyl (C=O) groups is 4. The van der Waals surface area contributed by atoms with Crippen LogP contribution in [0.1, 0.15) is 31.4 Å². The number of carboxylic acid groups (broad SMARTS) is 1. The molecule has 0 aliphatic carbocycles. The number of hydrogen-bond acceptors (Lipinski definition) is 7. The molecule has 2 aromatic carbocycles. The highest BCUT2D eigenvalue weighted by atomic mass is 32.1. The zero-order chi connectivity index (χ0) is 28.2. The van der Waals surface area contributed by atoms with Crippen LogP contribution in [-0.2, 0) is 32.0 Å². The Hall–Kier alpha value is -3.57. The molecule has 2 rings (SSSR count). The van der Waals surface area contributed by atoms with E-state index < -0.39 is 47.9 Å². The summed E-state index contributed by atoms with van der Waals surface area (Å²) >= 11 is 4.03. The van der Waals surface area contributed by atoms with Gasteiger partial charge in [0.25, 0.3) is 0 Å². The second-order valence-electron chi connectivity index (χ2n) is 9.50. The maximum Gasteiger partial charge on any atom is 0.326 e. The average Bonchev–Trinajstić information content (AvgIpc) is 2.88. The maximum absolute atomic E-state index is 13.3. The van der Waals surface area contributed by atoms with Crippen LogP contribution in [0.3, 0.4) is 0 Å². The second kappa shape index (κ2) is 15.0. The molecular formula is C27H36N4O6S. The molecule has 4 unspecified atom stereocenters. The molecule has 0 bridgehead atoms. The van der Waals surface area contributed by atoms with Crippen molar-refractivity contribution in [3.63, 3.8) is 0 Å². The van der Waals surface area contributed by atoms with E-state index in [2.05, 4.69) is 28.6 Å². The van der Waals surface area contributed by atoms with Crippen LogP contribution in [0.5, 0.6) is 5.75 Å². The van der Waals surface area contributed by atoms with E-state index in [1.807, 2.05) is 19.9 Å². The third kappa shape index (κ3) is 10.1. The van der Waals surface area contributed by atoms with E-state index in [-0.39, 0.29) is 36.7 Å². The lowest BCUT2D eigenvalue weighted by Gasteiger charge is -2.26. The van der Waals surface area contributed by atoms with Gasteiger partial charge in [-0.2, -0.15) is 12.6 Å². The molecule has 11 heteroatoms. The summed E-state index contributed by atoms with van der Waals surface area (Å²) in [4.78, 5) is 50.9. The highest BCUT2D eigenvalue weighted by Crippen LogP contribution is 2.13. The van der Waals surface area contributed by atoms with Crippen LogP contribution in [0.4, 0.5) is 0 Å². The van der Waals surface area contributed by atoms with E-state index in [9.17, 15) is 29.4 Å². The number of aromatic hydroxyl groups is 1. The first-order valence-corrected chi connectivity index (χ1v) is 13.0. The third-order valence-corrected chi connectivity index (χ3v) is 6.17. The predicted molar refractivity (Wildman–Crippen MR) is 147 cm³/mol. The number of aliphatic carboxylic acids is 1. The van der Waals surface area contributed by atoms with Gasteiger partial charge in [0.2, 0.25) is 17.7 Å². The number of phenolic OH excluding ortho intramolecular Hbond substituents is 1. The van der Waals surface area contributed by atoms with Gasteiger partial charge in [0.05, 0.1) is 6.04 Å². The predicted octanol–water partition coefficient (Wildman–Crippen LogP) is 1.02. The first-order valence-electron chi connectivity index (χ1n) is 12.3. The first kappa shape index (κ1) is 30.7. The molecule has 0 aromatic heterocycles. The molecule has 0 fully saturated rings. The van der Waals surface area contributed by atoms with Crippen molar-refractivity contribution in [1.82, 2.24) is 16.0 Å². The minimum atomic E-state index is -1.20. The van der Waals surface area contributed by atoms with Crippen molar-refractivity contribution in [2.45, 2.75) is 57.3 Å². The molecular weight excluding hydrogens is 508 g/mol. The molecule has 4 atom stereocenters. The molecule has 2 aromatic rings. The van der Waals surface area contributed by atoms with Crippen molar-refractivity contribution in [2.75, 3.05) is 5.75 Å². The smallest absolute Gasteiger partial charge is 0.326 e. The molecule has 0 radical (unpaired) electrons. The van der Waals surface area contributed by atoms with E-state index in [0.717, 1.165) is 5.56 Å². The number of hydrogen-bond donors (Lipinski definition) is 7. The van der Waals surface area contributed by atoms with Gasteiger partial charge in [-0.1, -0.05) is 56.3 Å². The van der Waals surface area contributed by atoms with Crippen molar-refractivity contribution >= 4 is 36.3 Å². The van der Waals surface area contributed by atoms with E-state index in [0.29, 0.717) is 5.56 Å². The SMILES string of the molecule is CC(C)CC(NC(=O)C(Cc1ccc(O)cc1)NC(=O)C(N)CS)C(=O)NC(Cc1ccccc1)C(=O)O. The van der Waals surface area contributed by atoms with Crippen LogP contribution in [0, 0.1) is 5.92 Å². The number of rotatable bonds is 14. The van der Waals surface area contributed by atoms with E-state index in [4.69, 9.17) is 5.73 Å². The van der Waals surface area contributed by atoms with Crippen LogP contribution in [0.15, 0.2) is 54.6 Å². The number of thiol groups is 1. The maximum atomic E-state index is 13.3. The zero-order valence-electron chi connectivity index (χ0n) is 21.5. The molecule has 0 heterocycles. The Morgan fingerprint density at radius 2 is 1.29 bits per heavy atom. The molecule has 0 saturated heterocycles. The molecule has 206 valence electrons. The van der Waals surface area contributed by atoms with Gasteiger partial charge in [-0.05, 0) is 35.6 Å². The largest absolute Gasteiger partial charge is 0.508 e. The van der Waals surface area contributed by atoms with Crippen LogP contribution >= 0.6 is 12.6 Å². The number of benzene rings is 2. The summed E-state index contributed by atoms with van der Waals surface area (Å²) in [6.45, 7) is 3.74. The second-order valence-corrected chi connectivity index (χ2v) is 9.87. The number of phenols is 1. The highest BCUT2D eigenvalue weighted by molar-refractivity contribution is 7.80. The van der Waals surface area contributed by atoms with Gasteiger partial charge in [0, 0.05) is 18.6 Å². The summed E-state index contributed by atoms with van der Waals surface area (Å²) in [6, 6.07) is 10.8. The molecule has 0 saturated carbocycles. The van der Waals surface area contributed by atoms with Crippen molar-refractivity contribution in [3.8, 4) is 5.75 Å². The Labute approximate surface area is 227 Å². The van der Waals surface area contributed by atoms with Crippen LogP contribution in [0.2, 0.25) is 0 Å². The Bertz CT molecular complexity index is 1080.